The van der Waals surface area contributed by atoms with E-state index in [1.807, 2.05) is 36.4 Å². The monoisotopic (exact) mass is 390 g/mol. The summed E-state index contributed by atoms with van der Waals surface area (Å²) in [4.78, 5) is 27.9. The van der Waals surface area contributed by atoms with Gasteiger partial charge in [-0.3, -0.25) is 9.59 Å². The molecule has 7 heteroatoms. The minimum absolute atomic E-state index is 0.126. The molecular formula is C22H22N4O3. The lowest BCUT2D eigenvalue weighted by Gasteiger charge is -2.11. The molecule has 0 atom stereocenters. The summed E-state index contributed by atoms with van der Waals surface area (Å²) in [7, 11) is 1.60. The number of carbonyl (C=O) groups is 2. The number of carbonyl (C=O) groups excluding carboxylic acids is 2. The van der Waals surface area contributed by atoms with Gasteiger partial charge in [0.05, 0.1) is 7.11 Å². The van der Waals surface area contributed by atoms with E-state index in [1.165, 1.54) is 6.92 Å². The van der Waals surface area contributed by atoms with Gasteiger partial charge >= 0.3 is 0 Å². The van der Waals surface area contributed by atoms with Gasteiger partial charge in [0.25, 0.3) is 5.91 Å². The van der Waals surface area contributed by atoms with Crippen LogP contribution in [0.5, 0.6) is 5.75 Å². The van der Waals surface area contributed by atoms with Gasteiger partial charge in [-0.1, -0.05) is 18.2 Å². The van der Waals surface area contributed by atoms with E-state index in [0.717, 1.165) is 17.0 Å². The molecule has 1 heterocycles. The highest BCUT2D eigenvalue weighted by atomic mass is 16.5. The molecule has 2 amide bonds. The van der Waals surface area contributed by atoms with E-state index in [-0.39, 0.29) is 11.8 Å². The minimum atomic E-state index is -0.206. The summed E-state index contributed by atoms with van der Waals surface area (Å²) in [5, 5.41) is 8.75. The molecule has 0 fully saturated rings. The highest BCUT2D eigenvalue weighted by molar-refractivity contribution is 5.95. The maximum Gasteiger partial charge on any atom is 0.251 e. The van der Waals surface area contributed by atoms with Gasteiger partial charge < -0.3 is 20.7 Å². The van der Waals surface area contributed by atoms with Crippen LogP contribution >= 0.6 is 0 Å². The quantitative estimate of drug-likeness (QED) is 0.572. The maximum absolute atomic E-state index is 12.5. The van der Waals surface area contributed by atoms with Gasteiger partial charge in [0.15, 0.2) is 0 Å². The number of hydrogen-bond acceptors (Lipinski definition) is 5. The Morgan fingerprint density at radius 3 is 2.45 bits per heavy atom. The van der Waals surface area contributed by atoms with Gasteiger partial charge in [-0.05, 0) is 42.5 Å². The molecule has 0 radical (unpaired) electrons. The number of rotatable bonds is 7. The smallest absolute Gasteiger partial charge is 0.251 e. The molecule has 0 bridgehead atoms. The SMILES string of the molecule is COc1ccccc1CNC(=O)c1ccnc(Nc2ccc(NC(C)=O)cc2)c1. The summed E-state index contributed by atoms with van der Waals surface area (Å²) >= 11 is 0. The highest BCUT2D eigenvalue weighted by Gasteiger charge is 2.09. The summed E-state index contributed by atoms with van der Waals surface area (Å²) in [5.41, 5.74) is 2.89. The zero-order valence-electron chi connectivity index (χ0n) is 16.2. The molecule has 0 aliphatic rings. The second-order valence-corrected chi connectivity index (χ2v) is 6.31. The van der Waals surface area contributed by atoms with Crippen LogP contribution in [0.15, 0.2) is 66.9 Å². The second-order valence-electron chi connectivity index (χ2n) is 6.31. The number of nitrogens with zero attached hydrogens (tertiary/aromatic N) is 1. The first-order chi connectivity index (χ1) is 14.0. The zero-order valence-corrected chi connectivity index (χ0v) is 16.2. The van der Waals surface area contributed by atoms with E-state index < -0.39 is 0 Å². The average molecular weight is 390 g/mol. The molecule has 0 saturated heterocycles. The van der Waals surface area contributed by atoms with E-state index in [1.54, 1.807) is 37.6 Å². The van der Waals surface area contributed by atoms with Crippen LogP contribution < -0.4 is 20.7 Å². The molecule has 7 nitrogen and oxygen atoms in total. The highest BCUT2D eigenvalue weighted by Crippen LogP contribution is 2.19. The predicted molar refractivity (Wildman–Crippen MR) is 112 cm³/mol. The Hall–Kier alpha value is -3.87. The van der Waals surface area contributed by atoms with Crippen LogP contribution in [-0.2, 0) is 11.3 Å². The molecule has 0 spiro atoms. The third-order valence-electron chi connectivity index (χ3n) is 4.13. The van der Waals surface area contributed by atoms with Crippen LogP contribution in [-0.4, -0.2) is 23.9 Å². The fraction of sp³-hybridized carbons (Fsp3) is 0.136. The number of para-hydroxylation sites is 1. The minimum Gasteiger partial charge on any atom is -0.496 e. The number of anilines is 3. The van der Waals surface area contributed by atoms with Crippen molar-refractivity contribution in [2.75, 3.05) is 17.7 Å². The first-order valence-corrected chi connectivity index (χ1v) is 9.06. The largest absolute Gasteiger partial charge is 0.496 e. The molecule has 3 N–H and O–H groups in total. The Morgan fingerprint density at radius 1 is 1.00 bits per heavy atom. The lowest BCUT2D eigenvalue weighted by Crippen LogP contribution is -2.23. The number of aromatic nitrogens is 1. The number of hydrogen-bond donors (Lipinski definition) is 3. The number of methoxy groups -OCH3 is 1. The Balaban J connectivity index is 1.64. The average Bonchev–Trinajstić information content (AvgIpc) is 2.73. The summed E-state index contributed by atoms with van der Waals surface area (Å²) in [6, 6.07) is 18.1. The first-order valence-electron chi connectivity index (χ1n) is 9.06. The zero-order chi connectivity index (χ0) is 20.6. The van der Waals surface area contributed by atoms with Crippen molar-refractivity contribution in [3.05, 3.63) is 78.0 Å². The lowest BCUT2D eigenvalue weighted by atomic mass is 10.2. The van der Waals surface area contributed by atoms with Gasteiger partial charge in [-0.2, -0.15) is 0 Å². The van der Waals surface area contributed by atoms with E-state index >= 15 is 0 Å². The summed E-state index contributed by atoms with van der Waals surface area (Å²) in [5.74, 6) is 0.941. The Morgan fingerprint density at radius 2 is 1.72 bits per heavy atom. The van der Waals surface area contributed by atoms with Crippen LogP contribution in [0.25, 0.3) is 0 Å². The molecule has 3 aromatic rings. The fourth-order valence-corrected chi connectivity index (χ4v) is 2.75. The van der Waals surface area contributed by atoms with Crippen molar-refractivity contribution in [2.45, 2.75) is 13.5 Å². The van der Waals surface area contributed by atoms with Gasteiger partial charge in [0.2, 0.25) is 5.91 Å². The number of benzene rings is 2. The molecule has 2 aromatic carbocycles. The molecule has 148 valence electrons. The maximum atomic E-state index is 12.5. The van der Waals surface area contributed by atoms with Crippen LogP contribution in [0, 0.1) is 0 Å². The van der Waals surface area contributed by atoms with Crippen LogP contribution in [0.3, 0.4) is 0 Å². The lowest BCUT2D eigenvalue weighted by molar-refractivity contribution is -0.114. The number of nitrogens with one attached hydrogen (secondary N) is 3. The van der Waals surface area contributed by atoms with Crippen molar-refractivity contribution < 1.29 is 14.3 Å². The molecule has 29 heavy (non-hydrogen) atoms. The number of amides is 2. The van der Waals surface area contributed by atoms with E-state index in [0.29, 0.717) is 23.6 Å². The summed E-state index contributed by atoms with van der Waals surface area (Å²) in [6.45, 7) is 1.82. The third-order valence-corrected chi connectivity index (χ3v) is 4.13. The second kappa shape index (κ2) is 9.36. The Bertz CT molecular complexity index is 1000. The molecule has 0 unspecified atom stereocenters. The van der Waals surface area contributed by atoms with Gasteiger partial charge in [-0.15, -0.1) is 0 Å². The van der Waals surface area contributed by atoms with Gasteiger partial charge in [0.1, 0.15) is 11.6 Å². The van der Waals surface area contributed by atoms with E-state index in [9.17, 15) is 9.59 Å². The summed E-state index contributed by atoms with van der Waals surface area (Å²) in [6.07, 6.45) is 1.58. The molecule has 1 aromatic heterocycles. The standard InChI is InChI=1S/C22H22N4O3/c1-15(27)25-18-7-9-19(10-8-18)26-21-13-16(11-12-23-21)22(28)24-14-17-5-3-4-6-20(17)29-2/h3-13H,14H2,1-2H3,(H,23,26)(H,24,28)(H,25,27). The third kappa shape index (κ3) is 5.55. The van der Waals surface area contributed by atoms with Crippen molar-refractivity contribution in [3.63, 3.8) is 0 Å². The summed E-state index contributed by atoms with van der Waals surface area (Å²) < 4.78 is 5.30. The molecule has 0 aliphatic heterocycles. The van der Waals surface area contributed by atoms with Crippen molar-refractivity contribution in [3.8, 4) is 5.75 Å². The van der Waals surface area contributed by atoms with Crippen LogP contribution in [0.4, 0.5) is 17.2 Å². The Labute approximate surface area is 169 Å². The number of ether oxygens (including phenoxy) is 1. The normalized spacial score (nSPS) is 10.1. The van der Waals surface area contributed by atoms with Crippen LogP contribution in [0.1, 0.15) is 22.8 Å². The molecule has 0 saturated carbocycles. The predicted octanol–water partition coefficient (Wildman–Crippen LogP) is 3.72. The Kier molecular flexibility index (Phi) is 6.42. The van der Waals surface area contributed by atoms with E-state index in [4.69, 9.17) is 4.74 Å². The fourth-order valence-electron chi connectivity index (χ4n) is 2.75. The van der Waals surface area contributed by atoms with Crippen molar-refractivity contribution in [2.24, 2.45) is 0 Å². The number of pyridine rings is 1. The molecular weight excluding hydrogens is 368 g/mol. The van der Waals surface area contributed by atoms with Crippen molar-refractivity contribution in [1.29, 1.82) is 0 Å². The molecule has 3 rings (SSSR count). The van der Waals surface area contributed by atoms with Crippen molar-refractivity contribution >= 4 is 29.0 Å². The molecule has 0 aliphatic carbocycles. The van der Waals surface area contributed by atoms with Gasteiger partial charge in [-0.25, -0.2) is 4.98 Å². The van der Waals surface area contributed by atoms with Crippen LogP contribution in [0.2, 0.25) is 0 Å². The topological polar surface area (TPSA) is 92.3 Å². The van der Waals surface area contributed by atoms with Crippen molar-refractivity contribution in [1.82, 2.24) is 10.3 Å². The van der Waals surface area contributed by atoms with E-state index in [2.05, 4.69) is 20.9 Å². The first kappa shape index (κ1) is 19.9. The van der Waals surface area contributed by atoms with Gasteiger partial charge in [0, 0.05) is 42.2 Å².